The molecule has 0 atom stereocenters. The standard InChI is InChI=1S/C22H27NO5/c1-22(2,3)28-21(26)23-19-14-18(27-15-16-8-5-4-6-9-16)13-12-17(19)10-7-11-20(24)25/h4-6,8-9,12-14H,7,10-11,15H2,1-3H3,(H,23,26)(H,24,25). The Hall–Kier alpha value is -3.02. The zero-order valence-electron chi connectivity index (χ0n) is 16.5. The molecule has 6 nitrogen and oxygen atoms in total. The Kier molecular flexibility index (Phi) is 7.44. The van der Waals surface area contributed by atoms with Crippen molar-refractivity contribution in [3.8, 4) is 5.75 Å². The minimum Gasteiger partial charge on any atom is -0.489 e. The number of rotatable bonds is 8. The number of carboxylic acids is 1. The van der Waals surface area contributed by atoms with Gasteiger partial charge in [0.25, 0.3) is 0 Å². The molecule has 0 saturated heterocycles. The monoisotopic (exact) mass is 385 g/mol. The normalized spacial score (nSPS) is 11.0. The lowest BCUT2D eigenvalue weighted by Crippen LogP contribution is -2.27. The predicted octanol–water partition coefficient (Wildman–Crippen LogP) is 5.02. The highest BCUT2D eigenvalue weighted by Crippen LogP contribution is 2.26. The number of carboxylic acid groups (broad SMARTS) is 1. The van der Waals surface area contributed by atoms with E-state index in [0.717, 1.165) is 11.1 Å². The van der Waals surface area contributed by atoms with Crippen LogP contribution in [0.3, 0.4) is 0 Å². The Morgan fingerprint density at radius 2 is 1.79 bits per heavy atom. The van der Waals surface area contributed by atoms with Crippen LogP contribution in [-0.4, -0.2) is 22.8 Å². The van der Waals surface area contributed by atoms with Gasteiger partial charge in [-0.3, -0.25) is 10.1 Å². The van der Waals surface area contributed by atoms with E-state index in [2.05, 4.69) is 5.32 Å². The summed E-state index contributed by atoms with van der Waals surface area (Å²) in [5.74, 6) is -0.235. The lowest BCUT2D eigenvalue weighted by atomic mass is 10.1. The number of hydrogen-bond acceptors (Lipinski definition) is 4. The molecule has 2 rings (SSSR count). The van der Waals surface area contributed by atoms with Crippen LogP contribution in [-0.2, 0) is 22.6 Å². The summed E-state index contributed by atoms with van der Waals surface area (Å²) in [6.07, 6.45) is 0.504. The van der Waals surface area contributed by atoms with Gasteiger partial charge in [-0.15, -0.1) is 0 Å². The second-order valence-corrected chi connectivity index (χ2v) is 7.47. The maximum Gasteiger partial charge on any atom is 0.412 e. The molecule has 0 aromatic heterocycles. The van der Waals surface area contributed by atoms with Crippen molar-refractivity contribution in [1.82, 2.24) is 0 Å². The molecule has 6 heteroatoms. The third-order valence-electron chi connectivity index (χ3n) is 3.80. The molecule has 0 aliphatic heterocycles. The lowest BCUT2D eigenvalue weighted by molar-refractivity contribution is -0.137. The molecular formula is C22H27NO5. The van der Waals surface area contributed by atoms with Crippen molar-refractivity contribution >= 4 is 17.7 Å². The molecule has 0 aliphatic rings. The van der Waals surface area contributed by atoms with Crippen LogP contribution in [0, 0.1) is 0 Å². The van der Waals surface area contributed by atoms with Gasteiger partial charge < -0.3 is 14.6 Å². The average molecular weight is 385 g/mol. The van der Waals surface area contributed by atoms with E-state index in [1.807, 2.05) is 42.5 Å². The molecule has 0 bridgehead atoms. The number of amides is 1. The topological polar surface area (TPSA) is 84.9 Å². The fourth-order valence-electron chi connectivity index (χ4n) is 2.56. The smallest absolute Gasteiger partial charge is 0.412 e. The van der Waals surface area contributed by atoms with Gasteiger partial charge in [0.05, 0.1) is 5.69 Å². The molecule has 0 spiro atoms. The minimum atomic E-state index is -0.843. The first kappa shape index (κ1) is 21.3. The van der Waals surface area contributed by atoms with Crippen molar-refractivity contribution in [2.24, 2.45) is 0 Å². The van der Waals surface area contributed by atoms with E-state index >= 15 is 0 Å². The maximum absolute atomic E-state index is 12.2. The van der Waals surface area contributed by atoms with Gasteiger partial charge in [0, 0.05) is 12.5 Å². The first-order chi connectivity index (χ1) is 13.2. The van der Waals surface area contributed by atoms with Crippen LogP contribution in [0.2, 0.25) is 0 Å². The van der Waals surface area contributed by atoms with Gasteiger partial charge in [-0.25, -0.2) is 4.79 Å². The Morgan fingerprint density at radius 1 is 1.07 bits per heavy atom. The first-order valence-electron chi connectivity index (χ1n) is 9.24. The summed E-state index contributed by atoms with van der Waals surface area (Å²) in [4.78, 5) is 23.0. The van der Waals surface area contributed by atoms with Crippen molar-refractivity contribution in [2.45, 2.75) is 52.2 Å². The summed E-state index contributed by atoms with van der Waals surface area (Å²) in [5.41, 5.74) is 1.81. The summed E-state index contributed by atoms with van der Waals surface area (Å²) >= 11 is 0. The number of carbonyl (C=O) groups excluding carboxylic acids is 1. The van der Waals surface area contributed by atoms with Gasteiger partial charge in [-0.2, -0.15) is 0 Å². The number of ether oxygens (including phenoxy) is 2. The number of carbonyl (C=O) groups is 2. The molecule has 0 radical (unpaired) electrons. The molecule has 0 fully saturated rings. The second kappa shape index (κ2) is 9.78. The molecule has 2 aromatic rings. The maximum atomic E-state index is 12.2. The quantitative estimate of drug-likeness (QED) is 0.666. The van der Waals surface area contributed by atoms with Crippen molar-refractivity contribution in [3.05, 3.63) is 59.7 Å². The highest BCUT2D eigenvalue weighted by atomic mass is 16.6. The molecule has 0 saturated carbocycles. The van der Waals surface area contributed by atoms with Crippen LogP contribution in [0.5, 0.6) is 5.75 Å². The first-order valence-corrected chi connectivity index (χ1v) is 9.24. The van der Waals surface area contributed by atoms with E-state index < -0.39 is 17.7 Å². The molecule has 0 heterocycles. The van der Waals surface area contributed by atoms with Gasteiger partial charge in [0.1, 0.15) is 18.0 Å². The van der Waals surface area contributed by atoms with Crippen molar-refractivity contribution < 1.29 is 24.2 Å². The molecule has 0 unspecified atom stereocenters. The number of benzene rings is 2. The minimum absolute atomic E-state index is 0.0676. The number of aryl methyl sites for hydroxylation is 1. The van der Waals surface area contributed by atoms with E-state index in [-0.39, 0.29) is 6.42 Å². The number of aliphatic carboxylic acids is 1. The number of anilines is 1. The Balaban J connectivity index is 2.12. The summed E-state index contributed by atoms with van der Waals surface area (Å²) in [6.45, 7) is 5.78. The van der Waals surface area contributed by atoms with Crippen molar-refractivity contribution in [2.75, 3.05) is 5.32 Å². The Morgan fingerprint density at radius 3 is 2.43 bits per heavy atom. The summed E-state index contributed by atoms with van der Waals surface area (Å²) < 4.78 is 11.2. The van der Waals surface area contributed by atoms with E-state index in [9.17, 15) is 9.59 Å². The van der Waals surface area contributed by atoms with Crippen LogP contribution < -0.4 is 10.1 Å². The van der Waals surface area contributed by atoms with Gasteiger partial charge >= 0.3 is 12.1 Å². The third kappa shape index (κ3) is 7.70. The molecule has 2 N–H and O–H groups in total. The molecule has 28 heavy (non-hydrogen) atoms. The van der Waals surface area contributed by atoms with E-state index in [1.165, 1.54) is 0 Å². The Bertz CT molecular complexity index is 796. The largest absolute Gasteiger partial charge is 0.489 e. The average Bonchev–Trinajstić information content (AvgIpc) is 2.60. The molecule has 2 aromatic carbocycles. The molecule has 150 valence electrons. The van der Waals surface area contributed by atoms with Crippen LogP contribution in [0.15, 0.2) is 48.5 Å². The highest BCUT2D eigenvalue weighted by molar-refractivity contribution is 5.86. The van der Waals surface area contributed by atoms with Crippen LogP contribution in [0.25, 0.3) is 0 Å². The lowest BCUT2D eigenvalue weighted by Gasteiger charge is -2.21. The third-order valence-corrected chi connectivity index (χ3v) is 3.80. The number of nitrogens with one attached hydrogen (secondary N) is 1. The van der Waals surface area contributed by atoms with Gasteiger partial charge in [0.15, 0.2) is 0 Å². The predicted molar refractivity (Wildman–Crippen MR) is 108 cm³/mol. The van der Waals surface area contributed by atoms with Gasteiger partial charge in [0.2, 0.25) is 0 Å². The fourth-order valence-corrected chi connectivity index (χ4v) is 2.56. The molecular weight excluding hydrogens is 358 g/mol. The summed E-state index contributed by atoms with van der Waals surface area (Å²) in [5, 5.41) is 11.6. The molecule has 0 aliphatic carbocycles. The number of hydrogen-bond donors (Lipinski definition) is 2. The van der Waals surface area contributed by atoms with Gasteiger partial charge in [-0.05, 0) is 50.8 Å². The van der Waals surface area contributed by atoms with Crippen LogP contribution in [0.1, 0.15) is 44.7 Å². The van der Waals surface area contributed by atoms with Crippen LogP contribution >= 0.6 is 0 Å². The van der Waals surface area contributed by atoms with Crippen molar-refractivity contribution in [3.63, 3.8) is 0 Å². The fraction of sp³-hybridized carbons (Fsp3) is 0.364. The van der Waals surface area contributed by atoms with E-state index in [0.29, 0.717) is 30.9 Å². The summed E-state index contributed by atoms with van der Waals surface area (Å²) in [6, 6.07) is 15.2. The highest BCUT2D eigenvalue weighted by Gasteiger charge is 2.17. The van der Waals surface area contributed by atoms with E-state index in [1.54, 1.807) is 26.8 Å². The summed E-state index contributed by atoms with van der Waals surface area (Å²) in [7, 11) is 0. The van der Waals surface area contributed by atoms with Crippen molar-refractivity contribution in [1.29, 1.82) is 0 Å². The van der Waals surface area contributed by atoms with Crippen LogP contribution in [0.4, 0.5) is 10.5 Å². The SMILES string of the molecule is CC(C)(C)OC(=O)Nc1cc(OCc2ccccc2)ccc1CCCC(=O)O. The second-order valence-electron chi connectivity index (χ2n) is 7.47. The van der Waals surface area contributed by atoms with E-state index in [4.69, 9.17) is 14.6 Å². The zero-order valence-corrected chi connectivity index (χ0v) is 16.5. The Labute approximate surface area is 165 Å². The zero-order chi connectivity index (χ0) is 20.6. The van der Waals surface area contributed by atoms with Gasteiger partial charge in [-0.1, -0.05) is 36.4 Å². The molecule has 1 amide bonds.